The van der Waals surface area contributed by atoms with E-state index in [1.54, 1.807) is 19.2 Å². The van der Waals surface area contributed by atoms with Gasteiger partial charge in [-0.2, -0.15) is 0 Å². The van der Waals surface area contributed by atoms with E-state index in [9.17, 15) is 4.39 Å². The van der Waals surface area contributed by atoms with E-state index >= 15 is 0 Å². The largest absolute Gasteiger partial charge is 0.496 e. The standard InChI is InChI=1S/C15H22FNO2/c1-10(13-8-5-9-19-13)17-11(2)15-12(16)6-4-7-14(15)18-3/h4,6-7,10-11,13,17H,5,8-9H2,1-3H3. The summed E-state index contributed by atoms with van der Waals surface area (Å²) < 4.78 is 24.9. The second-order valence-electron chi connectivity index (χ2n) is 5.08. The van der Waals surface area contributed by atoms with Crippen LogP contribution in [0, 0.1) is 5.82 Å². The van der Waals surface area contributed by atoms with Crippen molar-refractivity contribution < 1.29 is 13.9 Å². The molecular formula is C15H22FNO2. The van der Waals surface area contributed by atoms with Gasteiger partial charge in [0.05, 0.1) is 13.2 Å². The van der Waals surface area contributed by atoms with Gasteiger partial charge in [-0.1, -0.05) is 6.07 Å². The molecule has 19 heavy (non-hydrogen) atoms. The molecule has 0 amide bonds. The van der Waals surface area contributed by atoms with Crippen molar-refractivity contribution in [3.05, 3.63) is 29.6 Å². The Bertz CT molecular complexity index is 419. The molecule has 1 aliphatic rings. The number of rotatable bonds is 5. The van der Waals surface area contributed by atoms with Gasteiger partial charge in [-0.15, -0.1) is 0 Å². The predicted octanol–water partition coefficient (Wildman–Crippen LogP) is 3.05. The number of nitrogens with one attached hydrogen (secondary N) is 1. The van der Waals surface area contributed by atoms with Crippen LogP contribution in [0.4, 0.5) is 4.39 Å². The molecule has 1 aromatic carbocycles. The number of ether oxygens (including phenoxy) is 2. The summed E-state index contributed by atoms with van der Waals surface area (Å²) in [5.41, 5.74) is 0.579. The average Bonchev–Trinajstić information content (AvgIpc) is 2.92. The Labute approximate surface area is 114 Å². The number of hydrogen-bond donors (Lipinski definition) is 1. The molecule has 3 atom stereocenters. The van der Waals surface area contributed by atoms with Crippen LogP contribution in [0.5, 0.6) is 5.75 Å². The molecule has 3 nitrogen and oxygen atoms in total. The topological polar surface area (TPSA) is 30.5 Å². The summed E-state index contributed by atoms with van der Waals surface area (Å²) in [4.78, 5) is 0. The van der Waals surface area contributed by atoms with Gasteiger partial charge in [-0.3, -0.25) is 0 Å². The zero-order valence-corrected chi connectivity index (χ0v) is 11.8. The highest BCUT2D eigenvalue weighted by molar-refractivity contribution is 5.37. The molecule has 1 N–H and O–H groups in total. The van der Waals surface area contributed by atoms with Crippen LogP contribution in [-0.2, 0) is 4.74 Å². The van der Waals surface area contributed by atoms with E-state index in [1.807, 2.05) is 6.92 Å². The summed E-state index contributed by atoms with van der Waals surface area (Å²) in [6, 6.07) is 4.99. The summed E-state index contributed by atoms with van der Waals surface area (Å²) in [5, 5.41) is 3.41. The Balaban J connectivity index is 2.08. The third-order valence-electron chi connectivity index (χ3n) is 3.70. The van der Waals surface area contributed by atoms with E-state index < -0.39 is 0 Å². The highest BCUT2D eigenvalue weighted by atomic mass is 19.1. The highest BCUT2D eigenvalue weighted by Gasteiger charge is 2.25. The monoisotopic (exact) mass is 267 g/mol. The molecule has 1 heterocycles. The van der Waals surface area contributed by atoms with Crippen molar-refractivity contribution in [2.24, 2.45) is 0 Å². The lowest BCUT2D eigenvalue weighted by atomic mass is 10.0. The van der Waals surface area contributed by atoms with Crippen LogP contribution in [0.3, 0.4) is 0 Å². The third-order valence-corrected chi connectivity index (χ3v) is 3.70. The molecule has 0 aliphatic carbocycles. The molecule has 0 bridgehead atoms. The first kappa shape index (κ1) is 14.3. The minimum Gasteiger partial charge on any atom is -0.496 e. The smallest absolute Gasteiger partial charge is 0.131 e. The van der Waals surface area contributed by atoms with E-state index in [-0.39, 0.29) is 24.0 Å². The Morgan fingerprint density at radius 3 is 2.84 bits per heavy atom. The van der Waals surface area contributed by atoms with Crippen LogP contribution in [0.1, 0.15) is 38.3 Å². The first-order chi connectivity index (χ1) is 9.13. The number of halogens is 1. The van der Waals surface area contributed by atoms with Gasteiger partial charge in [0.2, 0.25) is 0 Å². The molecule has 4 heteroatoms. The first-order valence-electron chi connectivity index (χ1n) is 6.83. The fourth-order valence-electron chi connectivity index (χ4n) is 2.70. The lowest BCUT2D eigenvalue weighted by Gasteiger charge is -2.25. The molecule has 1 saturated heterocycles. The van der Waals surface area contributed by atoms with Crippen LogP contribution in [-0.4, -0.2) is 25.9 Å². The van der Waals surface area contributed by atoms with E-state index in [4.69, 9.17) is 9.47 Å². The number of benzene rings is 1. The fourth-order valence-corrected chi connectivity index (χ4v) is 2.70. The van der Waals surface area contributed by atoms with Gasteiger partial charge in [-0.25, -0.2) is 4.39 Å². The second kappa shape index (κ2) is 6.35. The molecule has 2 rings (SSSR count). The summed E-state index contributed by atoms with van der Waals surface area (Å²) in [6.45, 7) is 4.86. The first-order valence-corrected chi connectivity index (χ1v) is 6.83. The van der Waals surface area contributed by atoms with Crippen LogP contribution < -0.4 is 10.1 Å². The molecule has 1 fully saturated rings. The van der Waals surface area contributed by atoms with Crippen molar-refractivity contribution in [1.29, 1.82) is 0 Å². The highest BCUT2D eigenvalue weighted by Crippen LogP contribution is 2.28. The second-order valence-corrected chi connectivity index (χ2v) is 5.08. The zero-order valence-electron chi connectivity index (χ0n) is 11.8. The zero-order chi connectivity index (χ0) is 13.8. The van der Waals surface area contributed by atoms with Crippen LogP contribution >= 0.6 is 0 Å². The molecule has 1 aromatic rings. The molecule has 0 radical (unpaired) electrons. The van der Waals surface area contributed by atoms with Crippen molar-refractivity contribution in [2.75, 3.05) is 13.7 Å². The summed E-state index contributed by atoms with van der Waals surface area (Å²) in [7, 11) is 1.56. The Morgan fingerprint density at radius 2 is 2.21 bits per heavy atom. The normalized spacial score (nSPS) is 22.2. The summed E-state index contributed by atoms with van der Waals surface area (Å²) >= 11 is 0. The summed E-state index contributed by atoms with van der Waals surface area (Å²) in [5.74, 6) is 0.346. The van der Waals surface area contributed by atoms with Crippen LogP contribution in [0.2, 0.25) is 0 Å². The molecule has 106 valence electrons. The van der Waals surface area contributed by atoms with Crippen molar-refractivity contribution in [3.63, 3.8) is 0 Å². The van der Waals surface area contributed by atoms with Gasteiger partial charge in [0.1, 0.15) is 11.6 Å². The molecular weight excluding hydrogens is 245 g/mol. The van der Waals surface area contributed by atoms with Gasteiger partial charge >= 0.3 is 0 Å². The van der Waals surface area contributed by atoms with Crippen LogP contribution in [0.25, 0.3) is 0 Å². The Morgan fingerprint density at radius 1 is 1.42 bits per heavy atom. The van der Waals surface area contributed by atoms with Gasteiger partial charge in [-0.05, 0) is 38.8 Å². The Hall–Kier alpha value is -1.13. The fraction of sp³-hybridized carbons (Fsp3) is 0.600. The van der Waals surface area contributed by atoms with Gasteiger partial charge in [0.25, 0.3) is 0 Å². The van der Waals surface area contributed by atoms with E-state index in [0.717, 1.165) is 19.4 Å². The minimum absolute atomic E-state index is 0.115. The van der Waals surface area contributed by atoms with Crippen molar-refractivity contribution in [1.82, 2.24) is 5.32 Å². The maximum atomic E-state index is 14.0. The van der Waals surface area contributed by atoms with Gasteiger partial charge < -0.3 is 14.8 Å². The number of methoxy groups -OCH3 is 1. The molecule has 3 unspecified atom stereocenters. The van der Waals surface area contributed by atoms with Crippen LogP contribution in [0.15, 0.2) is 18.2 Å². The quantitative estimate of drug-likeness (QED) is 0.889. The molecule has 0 spiro atoms. The lowest BCUT2D eigenvalue weighted by molar-refractivity contribution is 0.0801. The minimum atomic E-state index is -0.237. The van der Waals surface area contributed by atoms with Crippen molar-refractivity contribution in [2.45, 2.75) is 44.9 Å². The van der Waals surface area contributed by atoms with Crippen molar-refractivity contribution >= 4 is 0 Å². The molecule has 0 saturated carbocycles. The van der Waals surface area contributed by atoms with Gasteiger partial charge in [0, 0.05) is 24.3 Å². The Kier molecular flexibility index (Phi) is 4.77. The third kappa shape index (κ3) is 3.25. The maximum Gasteiger partial charge on any atom is 0.131 e. The molecule has 0 aromatic heterocycles. The number of hydrogen-bond acceptors (Lipinski definition) is 3. The predicted molar refractivity (Wildman–Crippen MR) is 72.9 cm³/mol. The van der Waals surface area contributed by atoms with Gasteiger partial charge in [0.15, 0.2) is 0 Å². The maximum absolute atomic E-state index is 14.0. The van der Waals surface area contributed by atoms with E-state index in [1.165, 1.54) is 6.07 Å². The molecule has 1 aliphatic heterocycles. The van der Waals surface area contributed by atoms with E-state index in [2.05, 4.69) is 12.2 Å². The average molecular weight is 267 g/mol. The summed E-state index contributed by atoms with van der Waals surface area (Å²) in [6.07, 6.45) is 2.39. The van der Waals surface area contributed by atoms with E-state index in [0.29, 0.717) is 11.3 Å². The SMILES string of the molecule is COc1cccc(F)c1C(C)NC(C)C1CCCO1. The van der Waals surface area contributed by atoms with Crippen molar-refractivity contribution in [3.8, 4) is 5.75 Å². The lowest BCUT2D eigenvalue weighted by Crippen LogP contribution is -2.38.